The highest BCUT2D eigenvalue weighted by Gasteiger charge is 2.14. The molecule has 0 saturated carbocycles. The molecular weight excluding hydrogens is 285 g/mol. The first-order chi connectivity index (χ1) is 10.6. The normalized spacial score (nSPS) is 10.9. The lowest BCUT2D eigenvalue weighted by atomic mass is 10.2. The maximum absolute atomic E-state index is 14.2. The standard InChI is InChI=1S/C15H14FN5O/c1-9-20-12-4-3-5-18-14(12)21(9)8-13-11(16)6-10(7-19-13)15(22)17-2/h3-7H,8H2,1-2H3,(H,17,22). The number of aromatic nitrogens is 4. The van der Waals surface area contributed by atoms with E-state index in [0.29, 0.717) is 5.65 Å². The van der Waals surface area contributed by atoms with Crippen LogP contribution >= 0.6 is 0 Å². The molecule has 7 heteroatoms. The number of hydrogen-bond acceptors (Lipinski definition) is 4. The van der Waals surface area contributed by atoms with Gasteiger partial charge in [0.05, 0.1) is 17.8 Å². The fourth-order valence-corrected chi connectivity index (χ4v) is 2.26. The Morgan fingerprint density at radius 3 is 2.95 bits per heavy atom. The molecule has 112 valence electrons. The molecule has 3 rings (SSSR count). The Balaban J connectivity index is 1.98. The Kier molecular flexibility index (Phi) is 3.54. The molecular formula is C15H14FN5O. The minimum Gasteiger partial charge on any atom is -0.355 e. The van der Waals surface area contributed by atoms with Crippen molar-refractivity contribution in [1.29, 1.82) is 0 Å². The number of nitrogens with zero attached hydrogens (tertiary/aromatic N) is 4. The molecule has 0 saturated heterocycles. The summed E-state index contributed by atoms with van der Waals surface area (Å²) in [4.78, 5) is 24.2. The van der Waals surface area contributed by atoms with Gasteiger partial charge in [0.1, 0.15) is 17.2 Å². The molecule has 0 aliphatic heterocycles. The molecule has 0 aliphatic rings. The molecule has 0 spiro atoms. The highest BCUT2D eigenvalue weighted by Crippen LogP contribution is 2.16. The molecule has 0 aromatic carbocycles. The molecule has 0 radical (unpaired) electrons. The van der Waals surface area contributed by atoms with Gasteiger partial charge in [-0.1, -0.05) is 0 Å². The highest BCUT2D eigenvalue weighted by atomic mass is 19.1. The lowest BCUT2D eigenvalue weighted by Crippen LogP contribution is -2.19. The van der Waals surface area contributed by atoms with Gasteiger partial charge >= 0.3 is 0 Å². The molecule has 1 N–H and O–H groups in total. The predicted octanol–water partition coefficient (Wildman–Crippen LogP) is 1.68. The molecule has 0 atom stereocenters. The first-order valence-electron chi connectivity index (χ1n) is 6.74. The van der Waals surface area contributed by atoms with E-state index in [1.807, 2.05) is 13.0 Å². The van der Waals surface area contributed by atoms with Gasteiger partial charge in [-0.3, -0.25) is 9.78 Å². The number of imidazole rings is 1. The summed E-state index contributed by atoms with van der Waals surface area (Å²) >= 11 is 0. The molecule has 0 bridgehead atoms. The lowest BCUT2D eigenvalue weighted by Gasteiger charge is -2.08. The van der Waals surface area contributed by atoms with Gasteiger partial charge in [0.15, 0.2) is 5.65 Å². The number of rotatable bonds is 3. The topological polar surface area (TPSA) is 72.7 Å². The molecule has 0 fully saturated rings. The zero-order valence-electron chi connectivity index (χ0n) is 12.2. The van der Waals surface area contributed by atoms with Gasteiger partial charge in [0.25, 0.3) is 5.91 Å². The van der Waals surface area contributed by atoms with Crippen LogP contribution in [0.5, 0.6) is 0 Å². The average Bonchev–Trinajstić information content (AvgIpc) is 2.84. The van der Waals surface area contributed by atoms with E-state index in [2.05, 4.69) is 20.3 Å². The van der Waals surface area contributed by atoms with E-state index < -0.39 is 5.82 Å². The number of hydrogen-bond donors (Lipinski definition) is 1. The van der Waals surface area contributed by atoms with Gasteiger partial charge in [-0.25, -0.2) is 14.4 Å². The van der Waals surface area contributed by atoms with Crippen LogP contribution < -0.4 is 5.32 Å². The average molecular weight is 299 g/mol. The maximum Gasteiger partial charge on any atom is 0.252 e. The summed E-state index contributed by atoms with van der Waals surface area (Å²) in [5.41, 5.74) is 1.86. The Labute approximate surface area is 126 Å². The Morgan fingerprint density at radius 1 is 1.41 bits per heavy atom. The van der Waals surface area contributed by atoms with Crippen molar-refractivity contribution < 1.29 is 9.18 Å². The van der Waals surface area contributed by atoms with Crippen LogP contribution in [0.4, 0.5) is 4.39 Å². The van der Waals surface area contributed by atoms with Crippen molar-refractivity contribution in [1.82, 2.24) is 24.8 Å². The van der Waals surface area contributed by atoms with Crippen molar-refractivity contribution in [3.63, 3.8) is 0 Å². The zero-order valence-corrected chi connectivity index (χ0v) is 12.2. The molecule has 3 aromatic heterocycles. The van der Waals surface area contributed by atoms with Crippen molar-refractivity contribution in [2.24, 2.45) is 0 Å². The Bertz CT molecular complexity index is 858. The number of fused-ring (bicyclic) bond motifs is 1. The number of carbonyl (C=O) groups is 1. The van der Waals surface area contributed by atoms with Crippen LogP contribution in [-0.2, 0) is 6.54 Å². The number of amides is 1. The second-order valence-electron chi connectivity index (χ2n) is 4.82. The van der Waals surface area contributed by atoms with E-state index in [1.165, 1.54) is 19.3 Å². The van der Waals surface area contributed by atoms with E-state index in [0.717, 1.165) is 11.3 Å². The van der Waals surface area contributed by atoms with Crippen LogP contribution in [0.25, 0.3) is 11.2 Å². The van der Waals surface area contributed by atoms with E-state index in [-0.39, 0.29) is 23.7 Å². The van der Waals surface area contributed by atoms with Crippen LogP contribution in [0, 0.1) is 12.7 Å². The first-order valence-corrected chi connectivity index (χ1v) is 6.74. The summed E-state index contributed by atoms with van der Waals surface area (Å²) in [5, 5.41) is 2.44. The van der Waals surface area contributed by atoms with Crippen molar-refractivity contribution in [2.75, 3.05) is 7.05 Å². The molecule has 0 aliphatic carbocycles. The fraction of sp³-hybridized carbons (Fsp3) is 0.200. The molecule has 6 nitrogen and oxygen atoms in total. The number of halogens is 1. The van der Waals surface area contributed by atoms with Gasteiger partial charge in [0.2, 0.25) is 0 Å². The molecule has 3 heterocycles. The van der Waals surface area contributed by atoms with Gasteiger partial charge in [-0.2, -0.15) is 0 Å². The second-order valence-corrected chi connectivity index (χ2v) is 4.82. The number of carbonyl (C=O) groups excluding carboxylic acids is 1. The van der Waals surface area contributed by atoms with Gasteiger partial charge in [-0.05, 0) is 25.1 Å². The summed E-state index contributed by atoms with van der Waals surface area (Å²) in [7, 11) is 1.49. The minimum atomic E-state index is -0.529. The Hall–Kier alpha value is -2.83. The maximum atomic E-state index is 14.2. The summed E-state index contributed by atoms with van der Waals surface area (Å²) in [6.45, 7) is 2.04. The van der Waals surface area contributed by atoms with Crippen LogP contribution in [0.1, 0.15) is 21.9 Å². The quantitative estimate of drug-likeness (QED) is 0.798. The van der Waals surface area contributed by atoms with E-state index in [9.17, 15) is 9.18 Å². The molecule has 0 unspecified atom stereocenters. The van der Waals surface area contributed by atoms with E-state index >= 15 is 0 Å². The summed E-state index contributed by atoms with van der Waals surface area (Å²) in [6.07, 6.45) is 3.03. The Morgan fingerprint density at radius 2 is 2.23 bits per heavy atom. The number of aryl methyl sites for hydroxylation is 1. The zero-order chi connectivity index (χ0) is 15.7. The van der Waals surface area contributed by atoms with Crippen LogP contribution in [0.2, 0.25) is 0 Å². The van der Waals surface area contributed by atoms with Crippen molar-refractivity contribution in [3.05, 3.63) is 53.5 Å². The molecule has 3 aromatic rings. The summed E-state index contributed by atoms with van der Waals surface area (Å²) in [5.74, 6) is -0.174. The predicted molar refractivity (Wildman–Crippen MR) is 79.0 cm³/mol. The van der Waals surface area contributed by atoms with Gasteiger partial charge < -0.3 is 9.88 Å². The smallest absolute Gasteiger partial charge is 0.252 e. The third-order valence-electron chi connectivity index (χ3n) is 3.41. The second kappa shape index (κ2) is 5.51. The van der Waals surface area contributed by atoms with Crippen molar-refractivity contribution >= 4 is 17.1 Å². The van der Waals surface area contributed by atoms with Crippen molar-refractivity contribution in [3.8, 4) is 0 Å². The monoisotopic (exact) mass is 299 g/mol. The third-order valence-corrected chi connectivity index (χ3v) is 3.41. The third kappa shape index (κ3) is 2.41. The lowest BCUT2D eigenvalue weighted by molar-refractivity contribution is 0.0962. The van der Waals surface area contributed by atoms with Crippen LogP contribution in [0.3, 0.4) is 0 Å². The largest absolute Gasteiger partial charge is 0.355 e. The number of pyridine rings is 2. The number of nitrogens with one attached hydrogen (secondary N) is 1. The fourth-order valence-electron chi connectivity index (χ4n) is 2.26. The minimum absolute atomic E-state index is 0.189. The van der Waals surface area contributed by atoms with Gasteiger partial charge in [-0.15, -0.1) is 0 Å². The SMILES string of the molecule is CNC(=O)c1cnc(Cn2c(C)nc3cccnc32)c(F)c1. The van der Waals surface area contributed by atoms with Crippen molar-refractivity contribution in [2.45, 2.75) is 13.5 Å². The summed E-state index contributed by atoms with van der Waals surface area (Å²) in [6, 6.07) is 4.84. The molecule has 22 heavy (non-hydrogen) atoms. The molecule has 1 amide bonds. The highest BCUT2D eigenvalue weighted by molar-refractivity contribution is 5.93. The van der Waals surface area contributed by atoms with Crippen LogP contribution in [0.15, 0.2) is 30.6 Å². The van der Waals surface area contributed by atoms with E-state index in [4.69, 9.17) is 0 Å². The van der Waals surface area contributed by atoms with Crippen LogP contribution in [-0.4, -0.2) is 32.5 Å². The first kappa shape index (κ1) is 14.1. The summed E-state index contributed by atoms with van der Waals surface area (Å²) < 4.78 is 16.0. The van der Waals surface area contributed by atoms with E-state index in [1.54, 1.807) is 16.8 Å². The van der Waals surface area contributed by atoms with Gasteiger partial charge in [0, 0.05) is 19.4 Å².